The third-order valence-electron chi connectivity index (χ3n) is 4.77. The van der Waals surface area contributed by atoms with Gasteiger partial charge in [0.25, 0.3) is 0 Å². The van der Waals surface area contributed by atoms with Gasteiger partial charge in [-0.05, 0) is 44.5 Å². The first-order chi connectivity index (χ1) is 15.6. The number of hydrogen-bond donors (Lipinski definition) is 1. The zero-order chi connectivity index (χ0) is 22.3. The van der Waals surface area contributed by atoms with Crippen molar-refractivity contribution in [1.82, 2.24) is 29.9 Å². The Bertz CT molecular complexity index is 1160. The van der Waals surface area contributed by atoms with E-state index in [9.17, 15) is 0 Å². The van der Waals surface area contributed by atoms with Crippen molar-refractivity contribution in [2.24, 2.45) is 0 Å². The van der Waals surface area contributed by atoms with Crippen LogP contribution in [0.2, 0.25) is 0 Å². The maximum absolute atomic E-state index is 5.94. The van der Waals surface area contributed by atoms with Crippen LogP contribution in [0.25, 0.3) is 10.9 Å². The fourth-order valence-electron chi connectivity index (χ4n) is 3.08. The Kier molecular flexibility index (Phi) is 6.74. The van der Waals surface area contributed by atoms with Gasteiger partial charge in [-0.1, -0.05) is 19.8 Å². The minimum atomic E-state index is 0.174. The predicted molar refractivity (Wildman–Crippen MR) is 123 cm³/mol. The average Bonchev–Trinajstić information content (AvgIpc) is 3.27. The first-order valence-electron chi connectivity index (χ1n) is 10.8. The summed E-state index contributed by atoms with van der Waals surface area (Å²) in [4.78, 5) is 14.7. The van der Waals surface area contributed by atoms with E-state index in [4.69, 9.17) is 9.47 Å². The van der Waals surface area contributed by atoms with Crippen LogP contribution in [-0.2, 0) is 0 Å². The van der Waals surface area contributed by atoms with Crippen molar-refractivity contribution >= 4 is 22.5 Å². The van der Waals surface area contributed by atoms with Crippen molar-refractivity contribution < 1.29 is 9.47 Å². The normalized spacial score (nSPS) is 11.1. The van der Waals surface area contributed by atoms with Crippen LogP contribution in [0.15, 0.2) is 49.1 Å². The molecule has 1 N–H and O–H groups in total. The topological polar surface area (TPSA) is 99.9 Å². The Morgan fingerprint density at radius 2 is 1.88 bits per heavy atom. The van der Waals surface area contributed by atoms with Crippen molar-refractivity contribution in [1.29, 1.82) is 0 Å². The molecule has 0 atom stereocenters. The van der Waals surface area contributed by atoms with Crippen LogP contribution in [-0.4, -0.2) is 36.6 Å². The molecular weight excluding hydrogens is 406 g/mol. The van der Waals surface area contributed by atoms with Gasteiger partial charge in [-0.2, -0.15) is 9.90 Å². The van der Waals surface area contributed by atoms with Gasteiger partial charge in [0.15, 0.2) is 5.82 Å². The summed E-state index contributed by atoms with van der Waals surface area (Å²) in [7, 11) is 0. The largest absolute Gasteiger partial charge is 0.492 e. The molecule has 0 aliphatic rings. The van der Waals surface area contributed by atoms with Crippen molar-refractivity contribution in [2.75, 3.05) is 11.9 Å². The van der Waals surface area contributed by atoms with E-state index in [0.717, 1.165) is 29.5 Å². The predicted octanol–water partition coefficient (Wildman–Crippen LogP) is 5.30. The van der Waals surface area contributed by atoms with Crippen molar-refractivity contribution in [2.45, 2.75) is 46.1 Å². The number of anilines is 2. The lowest BCUT2D eigenvalue weighted by Gasteiger charge is -2.10. The lowest BCUT2D eigenvalue weighted by Crippen LogP contribution is -2.05. The summed E-state index contributed by atoms with van der Waals surface area (Å²) in [5, 5.41) is 12.7. The van der Waals surface area contributed by atoms with Gasteiger partial charge in [-0.15, -0.1) is 5.10 Å². The van der Waals surface area contributed by atoms with Crippen LogP contribution < -0.4 is 14.8 Å². The molecule has 4 aromatic rings. The number of nitrogens with one attached hydrogen (secondary N) is 1. The number of aromatic nitrogens is 6. The highest BCUT2D eigenvalue weighted by molar-refractivity contribution is 5.91. The molecule has 0 unspecified atom stereocenters. The third-order valence-corrected chi connectivity index (χ3v) is 4.77. The molecule has 0 bridgehead atoms. The second-order valence-corrected chi connectivity index (χ2v) is 7.66. The molecule has 9 heteroatoms. The van der Waals surface area contributed by atoms with Gasteiger partial charge in [0.2, 0.25) is 5.88 Å². The highest BCUT2D eigenvalue weighted by atomic mass is 16.5. The molecule has 0 saturated heterocycles. The lowest BCUT2D eigenvalue weighted by atomic mass is 10.2. The van der Waals surface area contributed by atoms with E-state index in [1.807, 2.05) is 38.1 Å². The van der Waals surface area contributed by atoms with E-state index in [0.29, 0.717) is 29.9 Å². The molecular formula is C23H27N7O2. The van der Waals surface area contributed by atoms with Gasteiger partial charge in [0, 0.05) is 11.5 Å². The smallest absolute Gasteiger partial charge is 0.219 e. The Hall–Kier alpha value is -3.75. The molecule has 0 fully saturated rings. The Labute approximate surface area is 186 Å². The quantitative estimate of drug-likeness (QED) is 0.336. The molecule has 1 aromatic carbocycles. The number of nitrogens with zero attached hydrogens (tertiary/aromatic N) is 6. The highest BCUT2D eigenvalue weighted by Gasteiger charge is 2.10. The maximum Gasteiger partial charge on any atom is 0.219 e. The summed E-state index contributed by atoms with van der Waals surface area (Å²) in [5.74, 6) is 3.09. The summed E-state index contributed by atoms with van der Waals surface area (Å²) in [6.07, 6.45) is 8.23. The first-order valence-corrected chi connectivity index (χ1v) is 10.8. The maximum atomic E-state index is 5.94. The van der Waals surface area contributed by atoms with Gasteiger partial charge in [0.1, 0.15) is 23.6 Å². The van der Waals surface area contributed by atoms with Crippen LogP contribution in [0.5, 0.6) is 17.4 Å². The standard InChI is InChI=1S/C23H27N7O2/c1-4-5-6-11-31-18-8-10-22(24-13-18)32-17-7-9-20-19(12-17)23(26-15-25-20)28-21-14-27-30(29-21)16(2)3/h7-10,12-16H,4-6,11H2,1-3H3,(H,25,26,28,29). The van der Waals surface area contributed by atoms with Crippen LogP contribution in [0, 0.1) is 0 Å². The zero-order valence-electron chi connectivity index (χ0n) is 18.5. The van der Waals surface area contributed by atoms with E-state index in [-0.39, 0.29) is 6.04 Å². The lowest BCUT2D eigenvalue weighted by molar-refractivity contribution is 0.304. The van der Waals surface area contributed by atoms with E-state index < -0.39 is 0 Å². The molecule has 0 saturated carbocycles. The molecule has 0 aliphatic heterocycles. The molecule has 0 amide bonds. The molecule has 4 rings (SSSR count). The van der Waals surface area contributed by atoms with Gasteiger partial charge < -0.3 is 14.8 Å². The van der Waals surface area contributed by atoms with E-state index in [1.54, 1.807) is 23.3 Å². The second-order valence-electron chi connectivity index (χ2n) is 7.66. The molecule has 3 heterocycles. The van der Waals surface area contributed by atoms with Crippen LogP contribution >= 0.6 is 0 Å². The van der Waals surface area contributed by atoms with Gasteiger partial charge >= 0.3 is 0 Å². The van der Waals surface area contributed by atoms with Crippen LogP contribution in [0.4, 0.5) is 11.6 Å². The molecule has 166 valence electrons. The zero-order valence-corrected chi connectivity index (χ0v) is 18.5. The summed E-state index contributed by atoms with van der Waals surface area (Å²) < 4.78 is 11.6. The molecule has 9 nitrogen and oxygen atoms in total. The summed E-state index contributed by atoms with van der Waals surface area (Å²) in [5.41, 5.74) is 0.787. The molecule has 0 radical (unpaired) electrons. The Balaban J connectivity index is 1.48. The number of hydrogen-bond acceptors (Lipinski definition) is 8. The monoisotopic (exact) mass is 433 g/mol. The van der Waals surface area contributed by atoms with E-state index in [2.05, 4.69) is 37.4 Å². The minimum absolute atomic E-state index is 0.174. The molecule has 0 spiro atoms. The van der Waals surface area contributed by atoms with Gasteiger partial charge in [-0.25, -0.2) is 15.0 Å². The van der Waals surface area contributed by atoms with Crippen LogP contribution in [0.3, 0.4) is 0 Å². The molecule has 3 aromatic heterocycles. The minimum Gasteiger partial charge on any atom is -0.492 e. The summed E-state index contributed by atoms with van der Waals surface area (Å²) in [6.45, 7) is 6.91. The first kappa shape index (κ1) is 21.5. The second kappa shape index (κ2) is 10.0. The Morgan fingerprint density at radius 1 is 1.00 bits per heavy atom. The third kappa shape index (κ3) is 5.29. The van der Waals surface area contributed by atoms with Crippen LogP contribution in [0.1, 0.15) is 46.1 Å². The van der Waals surface area contributed by atoms with Gasteiger partial charge in [-0.3, -0.25) is 0 Å². The number of pyridine rings is 1. The summed E-state index contributed by atoms with van der Waals surface area (Å²) >= 11 is 0. The number of benzene rings is 1. The number of rotatable bonds is 10. The van der Waals surface area contributed by atoms with Crippen molar-refractivity contribution in [3.63, 3.8) is 0 Å². The fraction of sp³-hybridized carbons (Fsp3) is 0.348. The number of fused-ring (bicyclic) bond motifs is 1. The van der Waals surface area contributed by atoms with Crippen molar-refractivity contribution in [3.8, 4) is 17.4 Å². The van der Waals surface area contributed by atoms with E-state index in [1.165, 1.54) is 12.7 Å². The number of unbranched alkanes of at least 4 members (excludes halogenated alkanes) is 2. The summed E-state index contributed by atoms with van der Waals surface area (Å²) in [6, 6.07) is 9.45. The molecule has 32 heavy (non-hydrogen) atoms. The van der Waals surface area contributed by atoms with Gasteiger partial charge in [0.05, 0.1) is 30.6 Å². The average molecular weight is 434 g/mol. The number of ether oxygens (including phenoxy) is 2. The molecule has 0 aliphatic carbocycles. The Morgan fingerprint density at radius 3 is 2.62 bits per heavy atom. The fourth-order valence-corrected chi connectivity index (χ4v) is 3.08. The van der Waals surface area contributed by atoms with E-state index >= 15 is 0 Å². The highest BCUT2D eigenvalue weighted by Crippen LogP contribution is 2.29. The SMILES string of the molecule is CCCCCOc1ccc(Oc2ccc3ncnc(Nc4cnn(C(C)C)n4)c3c2)nc1. The van der Waals surface area contributed by atoms with Crippen molar-refractivity contribution in [3.05, 3.63) is 49.1 Å².